The standard InChI is InChI=1S/C16H16BrFO/c1-2-5-11-6-3-7-12(10-11)16(19)13-8-4-9-14(18)15(13)17/h3-4,6-10,16,19H,2,5H2,1H3. The Labute approximate surface area is 121 Å². The van der Waals surface area contributed by atoms with Gasteiger partial charge in [-0.1, -0.05) is 49.7 Å². The molecule has 0 spiro atoms. The Kier molecular flexibility index (Phi) is 4.72. The number of rotatable bonds is 4. The van der Waals surface area contributed by atoms with Crippen LogP contribution in [0.4, 0.5) is 4.39 Å². The van der Waals surface area contributed by atoms with E-state index in [2.05, 4.69) is 22.9 Å². The number of hydrogen-bond donors (Lipinski definition) is 1. The predicted octanol–water partition coefficient (Wildman–Crippen LogP) is 4.62. The van der Waals surface area contributed by atoms with Gasteiger partial charge in [0.1, 0.15) is 11.9 Å². The summed E-state index contributed by atoms with van der Waals surface area (Å²) in [5.74, 6) is -0.360. The molecule has 0 amide bonds. The van der Waals surface area contributed by atoms with Crippen LogP contribution in [0.1, 0.15) is 36.1 Å². The Hall–Kier alpha value is -1.19. The Balaban J connectivity index is 2.35. The summed E-state index contributed by atoms with van der Waals surface area (Å²) in [6.45, 7) is 2.12. The molecule has 2 rings (SSSR count). The summed E-state index contributed by atoms with van der Waals surface area (Å²) in [5.41, 5.74) is 2.53. The molecule has 0 radical (unpaired) electrons. The fourth-order valence-corrected chi connectivity index (χ4v) is 2.60. The number of aliphatic hydroxyl groups is 1. The third kappa shape index (κ3) is 3.23. The summed E-state index contributed by atoms with van der Waals surface area (Å²) in [4.78, 5) is 0. The van der Waals surface area contributed by atoms with Gasteiger partial charge in [0.15, 0.2) is 0 Å². The molecule has 0 fully saturated rings. The molecule has 1 nitrogen and oxygen atoms in total. The van der Waals surface area contributed by atoms with Crippen molar-refractivity contribution >= 4 is 15.9 Å². The van der Waals surface area contributed by atoms with Crippen molar-refractivity contribution in [3.05, 3.63) is 69.4 Å². The molecule has 0 aromatic heterocycles. The van der Waals surface area contributed by atoms with Gasteiger partial charge in [-0.3, -0.25) is 0 Å². The minimum Gasteiger partial charge on any atom is -0.384 e. The van der Waals surface area contributed by atoms with Crippen molar-refractivity contribution < 1.29 is 9.50 Å². The first-order valence-electron chi connectivity index (χ1n) is 6.34. The molecule has 3 heteroatoms. The summed E-state index contributed by atoms with van der Waals surface area (Å²) in [6, 6.07) is 12.5. The zero-order chi connectivity index (χ0) is 13.8. The van der Waals surface area contributed by atoms with E-state index in [4.69, 9.17) is 0 Å². The maximum atomic E-state index is 13.5. The highest BCUT2D eigenvalue weighted by Crippen LogP contribution is 2.30. The highest BCUT2D eigenvalue weighted by molar-refractivity contribution is 9.10. The second-order valence-corrected chi connectivity index (χ2v) is 5.33. The molecule has 0 aliphatic heterocycles. The smallest absolute Gasteiger partial charge is 0.137 e. The van der Waals surface area contributed by atoms with Crippen LogP contribution in [0.25, 0.3) is 0 Å². The van der Waals surface area contributed by atoms with E-state index in [1.807, 2.05) is 24.3 Å². The topological polar surface area (TPSA) is 20.2 Å². The zero-order valence-electron chi connectivity index (χ0n) is 10.7. The summed E-state index contributed by atoms with van der Waals surface area (Å²) in [7, 11) is 0. The maximum absolute atomic E-state index is 13.5. The first kappa shape index (κ1) is 14.2. The lowest BCUT2D eigenvalue weighted by Crippen LogP contribution is -2.02. The lowest BCUT2D eigenvalue weighted by Gasteiger charge is -2.14. The summed E-state index contributed by atoms with van der Waals surface area (Å²) < 4.78 is 13.8. The van der Waals surface area contributed by atoms with Gasteiger partial charge in [0.05, 0.1) is 4.47 Å². The van der Waals surface area contributed by atoms with Crippen LogP contribution < -0.4 is 0 Å². The monoisotopic (exact) mass is 322 g/mol. The van der Waals surface area contributed by atoms with Crippen LogP contribution in [0, 0.1) is 5.82 Å². The molecule has 0 aliphatic rings. The van der Waals surface area contributed by atoms with Crippen molar-refractivity contribution in [3.8, 4) is 0 Å². The Morgan fingerprint density at radius 2 is 1.95 bits per heavy atom. The van der Waals surface area contributed by atoms with Gasteiger partial charge in [-0.15, -0.1) is 0 Å². The average Bonchev–Trinajstić information content (AvgIpc) is 2.42. The second kappa shape index (κ2) is 6.31. The van der Waals surface area contributed by atoms with Crippen molar-refractivity contribution in [2.45, 2.75) is 25.9 Å². The molecule has 0 saturated carbocycles. The van der Waals surface area contributed by atoms with E-state index in [9.17, 15) is 9.50 Å². The van der Waals surface area contributed by atoms with E-state index in [0.29, 0.717) is 10.0 Å². The molecular weight excluding hydrogens is 307 g/mol. The van der Waals surface area contributed by atoms with Crippen LogP contribution in [-0.4, -0.2) is 5.11 Å². The van der Waals surface area contributed by atoms with Crippen LogP contribution in [0.2, 0.25) is 0 Å². The molecule has 100 valence electrons. The fraction of sp³-hybridized carbons (Fsp3) is 0.250. The van der Waals surface area contributed by atoms with Crippen LogP contribution in [0.3, 0.4) is 0 Å². The van der Waals surface area contributed by atoms with E-state index >= 15 is 0 Å². The lowest BCUT2D eigenvalue weighted by atomic mass is 9.98. The molecule has 0 heterocycles. The van der Waals surface area contributed by atoms with Crippen molar-refractivity contribution in [2.75, 3.05) is 0 Å². The molecule has 2 aromatic carbocycles. The zero-order valence-corrected chi connectivity index (χ0v) is 12.3. The van der Waals surface area contributed by atoms with Gasteiger partial charge in [0.25, 0.3) is 0 Å². The number of hydrogen-bond acceptors (Lipinski definition) is 1. The largest absolute Gasteiger partial charge is 0.384 e. The van der Waals surface area contributed by atoms with Crippen molar-refractivity contribution in [3.63, 3.8) is 0 Å². The molecule has 1 atom stereocenters. The Bertz CT molecular complexity index is 568. The third-order valence-corrected chi connectivity index (χ3v) is 3.92. The molecule has 0 bridgehead atoms. The van der Waals surface area contributed by atoms with Gasteiger partial charge < -0.3 is 5.11 Å². The summed E-state index contributed by atoms with van der Waals surface area (Å²) >= 11 is 3.19. The average molecular weight is 323 g/mol. The minimum absolute atomic E-state index is 0.323. The molecule has 1 unspecified atom stereocenters. The molecule has 2 aromatic rings. The summed E-state index contributed by atoms with van der Waals surface area (Å²) in [6.07, 6.45) is 1.22. The first-order chi connectivity index (χ1) is 9.13. The molecule has 19 heavy (non-hydrogen) atoms. The summed E-state index contributed by atoms with van der Waals surface area (Å²) in [5, 5.41) is 10.4. The second-order valence-electron chi connectivity index (χ2n) is 4.54. The van der Waals surface area contributed by atoms with E-state index in [0.717, 1.165) is 18.4 Å². The van der Waals surface area contributed by atoms with Crippen LogP contribution in [0.15, 0.2) is 46.9 Å². The number of halogens is 2. The van der Waals surface area contributed by atoms with Crippen molar-refractivity contribution in [2.24, 2.45) is 0 Å². The quantitative estimate of drug-likeness (QED) is 0.870. The third-order valence-electron chi connectivity index (χ3n) is 3.08. The number of aryl methyl sites for hydroxylation is 1. The van der Waals surface area contributed by atoms with Gasteiger partial charge in [-0.05, 0) is 39.5 Å². The first-order valence-corrected chi connectivity index (χ1v) is 7.13. The molecular formula is C16H16BrFO. The van der Waals surface area contributed by atoms with Crippen molar-refractivity contribution in [1.82, 2.24) is 0 Å². The van der Waals surface area contributed by atoms with E-state index < -0.39 is 6.10 Å². The highest BCUT2D eigenvalue weighted by Gasteiger charge is 2.16. The van der Waals surface area contributed by atoms with Gasteiger partial charge in [0.2, 0.25) is 0 Å². The molecule has 1 N–H and O–H groups in total. The molecule has 0 saturated heterocycles. The maximum Gasteiger partial charge on any atom is 0.137 e. The Morgan fingerprint density at radius 1 is 1.21 bits per heavy atom. The lowest BCUT2D eigenvalue weighted by molar-refractivity contribution is 0.219. The Morgan fingerprint density at radius 3 is 2.68 bits per heavy atom. The van der Waals surface area contributed by atoms with E-state index in [1.54, 1.807) is 12.1 Å². The number of benzene rings is 2. The van der Waals surface area contributed by atoms with Crippen LogP contribution in [0.5, 0.6) is 0 Å². The molecule has 0 aliphatic carbocycles. The van der Waals surface area contributed by atoms with Crippen LogP contribution in [-0.2, 0) is 6.42 Å². The number of aliphatic hydroxyl groups excluding tert-OH is 1. The fourth-order valence-electron chi connectivity index (χ4n) is 2.12. The van der Waals surface area contributed by atoms with Gasteiger partial charge in [-0.2, -0.15) is 0 Å². The minimum atomic E-state index is -0.818. The van der Waals surface area contributed by atoms with Gasteiger partial charge >= 0.3 is 0 Å². The van der Waals surface area contributed by atoms with Gasteiger partial charge in [0, 0.05) is 5.56 Å². The van der Waals surface area contributed by atoms with E-state index in [-0.39, 0.29) is 5.82 Å². The van der Waals surface area contributed by atoms with Crippen molar-refractivity contribution in [1.29, 1.82) is 0 Å². The van der Waals surface area contributed by atoms with E-state index in [1.165, 1.54) is 11.6 Å². The van der Waals surface area contributed by atoms with Crippen LogP contribution >= 0.6 is 15.9 Å². The SMILES string of the molecule is CCCc1cccc(C(O)c2cccc(F)c2Br)c1. The highest BCUT2D eigenvalue weighted by atomic mass is 79.9. The predicted molar refractivity (Wildman–Crippen MR) is 78.6 cm³/mol. The van der Waals surface area contributed by atoms with Gasteiger partial charge in [-0.25, -0.2) is 4.39 Å². The normalized spacial score (nSPS) is 12.4.